The predicted octanol–water partition coefficient (Wildman–Crippen LogP) is 4.40. The highest BCUT2D eigenvalue weighted by Crippen LogP contribution is 2.29. The smallest absolute Gasteiger partial charge is 0.122 e. The van der Waals surface area contributed by atoms with Gasteiger partial charge in [-0.15, -0.1) is 0 Å². The topological polar surface area (TPSA) is 21.3 Å². The molecule has 1 heterocycles. The van der Waals surface area contributed by atoms with E-state index in [4.69, 9.17) is 4.74 Å². The number of halogens is 1. The fraction of sp³-hybridized carbons (Fsp3) is 0.250. The molecule has 0 saturated heterocycles. The first-order chi connectivity index (χ1) is 9.22. The molecule has 0 saturated carbocycles. The van der Waals surface area contributed by atoms with Crippen molar-refractivity contribution in [2.24, 2.45) is 0 Å². The Hall–Kier alpha value is -1.23. The molecule has 3 heteroatoms. The third kappa shape index (κ3) is 2.86. The quantitative estimate of drug-likeness (QED) is 0.815. The Kier molecular flexibility index (Phi) is 3.64. The molecule has 0 bridgehead atoms. The maximum Gasteiger partial charge on any atom is 0.122 e. The molecule has 2 nitrogen and oxygen atoms in total. The van der Waals surface area contributed by atoms with Crippen molar-refractivity contribution >= 4 is 28.3 Å². The molecule has 1 aliphatic rings. The van der Waals surface area contributed by atoms with Crippen LogP contribution in [-0.2, 0) is 6.42 Å². The van der Waals surface area contributed by atoms with E-state index < -0.39 is 0 Å². The van der Waals surface area contributed by atoms with Crippen molar-refractivity contribution in [1.82, 2.24) is 0 Å². The van der Waals surface area contributed by atoms with E-state index in [1.54, 1.807) is 0 Å². The minimum atomic E-state index is 0.297. The second kappa shape index (κ2) is 5.41. The normalized spacial score (nSPS) is 14.6. The standard InChI is InChI=1S/C16H16INO/c1-11(18-15-5-3-14(17)4-6-15)12-2-7-16-13(10-12)8-9-19-16/h2-7,10-11,18H,8-9H2,1H3. The number of anilines is 1. The molecule has 0 amide bonds. The number of rotatable bonds is 3. The van der Waals surface area contributed by atoms with Gasteiger partial charge in [-0.3, -0.25) is 0 Å². The first-order valence-electron chi connectivity index (χ1n) is 6.50. The van der Waals surface area contributed by atoms with Gasteiger partial charge in [0.05, 0.1) is 6.61 Å². The largest absolute Gasteiger partial charge is 0.493 e. The summed E-state index contributed by atoms with van der Waals surface area (Å²) in [5.74, 6) is 1.05. The molecule has 19 heavy (non-hydrogen) atoms. The maximum absolute atomic E-state index is 5.54. The van der Waals surface area contributed by atoms with Gasteiger partial charge in [0.2, 0.25) is 0 Å². The predicted molar refractivity (Wildman–Crippen MR) is 86.8 cm³/mol. The minimum Gasteiger partial charge on any atom is -0.493 e. The summed E-state index contributed by atoms with van der Waals surface area (Å²) in [6.45, 7) is 3.01. The van der Waals surface area contributed by atoms with Crippen LogP contribution in [0.1, 0.15) is 24.1 Å². The Bertz CT molecular complexity index is 580. The van der Waals surface area contributed by atoms with Gasteiger partial charge >= 0.3 is 0 Å². The van der Waals surface area contributed by atoms with E-state index in [1.807, 2.05) is 0 Å². The van der Waals surface area contributed by atoms with Crippen LogP contribution in [0.25, 0.3) is 0 Å². The van der Waals surface area contributed by atoms with E-state index >= 15 is 0 Å². The van der Waals surface area contributed by atoms with Crippen molar-refractivity contribution in [3.05, 3.63) is 57.2 Å². The SMILES string of the molecule is CC(Nc1ccc(I)cc1)c1ccc2c(c1)CCO2. The Balaban J connectivity index is 1.76. The fourth-order valence-electron chi connectivity index (χ4n) is 2.36. The van der Waals surface area contributed by atoms with Crippen LogP contribution >= 0.6 is 22.6 Å². The van der Waals surface area contributed by atoms with Crippen LogP contribution in [0.2, 0.25) is 0 Å². The molecule has 0 fully saturated rings. The molecule has 1 aliphatic heterocycles. The molecule has 0 spiro atoms. The minimum absolute atomic E-state index is 0.297. The molecule has 0 aromatic heterocycles. The molecule has 3 rings (SSSR count). The lowest BCUT2D eigenvalue weighted by atomic mass is 10.0. The molecule has 2 aromatic rings. The summed E-state index contributed by atoms with van der Waals surface area (Å²) in [6.07, 6.45) is 1.03. The molecule has 2 aromatic carbocycles. The van der Waals surface area contributed by atoms with Gasteiger partial charge in [-0.05, 0) is 77.0 Å². The van der Waals surface area contributed by atoms with Gasteiger partial charge in [-0.1, -0.05) is 6.07 Å². The summed E-state index contributed by atoms with van der Waals surface area (Å²) in [5.41, 5.74) is 3.79. The summed E-state index contributed by atoms with van der Waals surface area (Å²) in [4.78, 5) is 0. The van der Waals surface area contributed by atoms with Crippen LogP contribution in [-0.4, -0.2) is 6.61 Å². The summed E-state index contributed by atoms with van der Waals surface area (Å²) < 4.78 is 6.80. The summed E-state index contributed by atoms with van der Waals surface area (Å²) in [5, 5.41) is 3.53. The van der Waals surface area contributed by atoms with Crippen LogP contribution < -0.4 is 10.1 Å². The van der Waals surface area contributed by atoms with Crippen LogP contribution in [0.15, 0.2) is 42.5 Å². The van der Waals surface area contributed by atoms with Gasteiger partial charge in [0.25, 0.3) is 0 Å². The van der Waals surface area contributed by atoms with Gasteiger partial charge in [0, 0.05) is 21.7 Å². The van der Waals surface area contributed by atoms with E-state index in [9.17, 15) is 0 Å². The molecular formula is C16H16INO. The first-order valence-corrected chi connectivity index (χ1v) is 7.58. The monoisotopic (exact) mass is 365 g/mol. The number of hydrogen-bond donors (Lipinski definition) is 1. The maximum atomic E-state index is 5.54. The summed E-state index contributed by atoms with van der Waals surface area (Å²) in [7, 11) is 0. The first kappa shape index (κ1) is 12.8. The molecule has 0 aliphatic carbocycles. The second-order valence-electron chi connectivity index (χ2n) is 4.84. The Labute approximate surface area is 127 Å². The zero-order valence-corrected chi connectivity index (χ0v) is 13.0. The van der Waals surface area contributed by atoms with E-state index in [2.05, 4.69) is 77.3 Å². The zero-order valence-electron chi connectivity index (χ0n) is 10.8. The highest BCUT2D eigenvalue weighted by molar-refractivity contribution is 14.1. The highest BCUT2D eigenvalue weighted by atomic mass is 127. The number of fused-ring (bicyclic) bond motifs is 1. The molecule has 1 N–H and O–H groups in total. The van der Waals surface area contributed by atoms with Crippen LogP contribution in [0.3, 0.4) is 0 Å². The average Bonchev–Trinajstić information content (AvgIpc) is 2.88. The molecule has 0 radical (unpaired) electrons. The van der Waals surface area contributed by atoms with E-state index in [0.717, 1.165) is 24.5 Å². The van der Waals surface area contributed by atoms with Crippen molar-refractivity contribution < 1.29 is 4.74 Å². The Morgan fingerprint density at radius 3 is 2.74 bits per heavy atom. The van der Waals surface area contributed by atoms with Gasteiger partial charge in [0.1, 0.15) is 5.75 Å². The lowest BCUT2D eigenvalue weighted by Gasteiger charge is -2.16. The van der Waals surface area contributed by atoms with E-state index in [-0.39, 0.29) is 0 Å². The Morgan fingerprint density at radius 2 is 1.95 bits per heavy atom. The second-order valence-corrected chi connectivity index (χ2v) is 6.08. The molecule has 1 atom stereocenters. The lowest BCUT2D eigenvalue weighted by molar-refractivity contribution is 0.357. The third-order valence-corrected chi connectivity index (χ3v) is 4.16. The number of hydrogen-bond acceptors (Lipinski definition) is 2. The highest BCUT2D eigenvalue weighted by Gasteiger charge is 2.14. The van der Waals surface area contributed by atoms with Crippen LogP contribution in [0.4, 0.5) is 5.69 Å². The van der Waals surface area contributed by atoms with Crippen molar-refractivity contribution in [2.75, 3.05) is 11.9 Å². The van der Waals surface area contributed by atoms with Crippen molar-refractivity contribution in [2.45, 2.75) is 19.4 Å². The van der Waals surface area contributed by atoms with Crippen LogP contribution in [0.5, 0.6) is 5.75 Å². The van der Waals surface area contributed by atoms with Crippen molar-refractivity contribution in [3.63, 3.8) is 0 Å². The molecular weight excluding hydrogens is 349 g/mol. The van der Waals surface area contributed by atoms with Crippen LogP contribution in [0, 0.1) is 3.57 Å². The van der Waals surface area contributed by atoms with Gasteiger partial charge in [-0.25, -0.2) is 0 Å². The average molecular weight is 365 g/mol. The third-order valence-electron chi connectivity index (χ3n) is 3.44. The van der Waals surface area contributed by atoms with Crippen molar-refractivity contribution in [1.29, 1.82) is 0 Å². The number of ether oxygens (including phenoxy) is 1. The summed E-state index contributed by atoms with van der Waals surface area (Å²) >= 11 is 2.32. The van der Waals surface area contributed by atoms with Gasteiger partial charge < -0.3 is 10.1 Å². The number of benzene rings is 2. The van der Waals surface area contributed by atoms with E-state index in [1.165, 1.54) is 14.7 Å². The zero-order chi connectivity index (χ0) is 13.2. The molecule has 1 unspecified atom stereocenters. The van der Waals surface area contributed by atoms with Gasteiger partial charge in [-0.2, -0.15) is 0 Å². The number of nitrogens with one attached hydrogen (secondary N) is 1. The summed E-state index contributed by atoms with van der Waals surface area (Å²) in [6, 6.07) is 15.3. The van der Waals surface area contributed by atoms with E-state index in [0.29, 0.717) is 6.04 Å². The molecule has 98 valence electrons. The Morgan fingerprint density at radius 1 is 1.16 bits per heavy atom. The van der Waals surface area contributed by atoms with Gasteiger partial charge in [0.15, 0.2) is 0 Å². The lowest BCUT2D eigenvalue weighted by Crippen LogP contribution is -2.06. The van der Waals surface area contributed by atoms with Crippen molar-refractivity contribution in [3.8, 4) is 5.75 Å². The fourth-order valence-corrected chi connectivity index (χ4v) is 2.71.